The number of sulfonamides is 1. The number of amides is 1. The average molecular weight is 523 g/mol. The van der Waals surface area contributed by atoms with E-state index >= 15 is 0 Å². The van der Waals surface area contributed by atoms with E-state index in [9.17, 15) is 17.6 Å². The highest BCUT2D eigenvalue weighted by Crippen LogP contribution is 2.35. The Morgan fingerprint density at radius 2 is 1.92 bits per heavy atom. The van der Waals surface area contributed by atoms with E-state index in [0.29, 0.717) is 32.4 Å². The SMILES string of the molecule is O=C(CN1CC[C@H](NS(=O)(=O)c2ccccc2)C1)N[C@@H]1CCc2cc(F)ccc2[C@@H]1Cc1cccnc1. The molecule has 0 radical (unpaired) electrons. The minimum atomic E-state index is -3.60. The van der Waals surface area contributed by atoms with Crippen LogP contribution >= 0.6 is 0 Å². The molecule has 1 aliphatic heterocycles. The zero-order chi connectivity index (χ0) is 25.8. The van der Waals surface area contributed by atoms with Crippen molar-refractivity contribution in [2.75, 3.05) is 19.6 Å². The van der Waals surface area contributed by atoms with Crippen LogP contribution in [-0.4, -0.2) is 55.9 Å². The van der Waals surface area contributed by atoms with E-state index in [2.05, 4.69) is 15.0 Å². The summed E-state index contributed by atoms with van der Waals surface area (Å²) in [4.78, 5) is 19.5. The summed E-state index contributed by atoms with van der Waals surface area (Å²) in [7, 11) is -3.60. The average Bonchev–Trinajstić information content (AvgIpc) is 3.32. The molecule has 194 valence electrons. The number of rotatable bonds is 8. The number of fused-ring (bicyclic) bond motifs is 1. The van der Waals surface area contributed by atoms with Gasteiger partial charge in [-0.15, -0.1) is 0 Å². The van der Waals surface area contributed by atoms with Crippen molar-refractivity contribution in [3.63, 3.8) is 0 Å². The van der Waals surface area contributed by atoms with Crippen LogP contribution in [0, 0.1) is 5.82 Å². The monoisotopic (exact) mass is 522 g/mol. The summed E-state index contributed by atoms with van der Waals surface area (Å²) in [6.07, 6.45) is 6.34. The molecular formula is C28H31FN4O3S. The molecule has 1 saturated heterocycles. The summed E-state index contributed by atoms with van der Waals surface area (Å²) in [5, 5.41) is 3.23. The van der Waals surface area contributed by atoms with Crippen molar-refractivity contribution < 1.29 is 17.6 Å². The highest BCUT2D eigenvalue weighted by Gasteiger charge is 2.33. The van der Waals surface area contributed by atoms with Gasteiger partial charge >= 0.3 is 0 Å². The minimum Gasteiger partial charge on any atom is -0.352 e. The van der Waals surface area contributed by atoms with Crippen molar-refractivity contribution in [3.05, 3.63) is 95.6 Å². The van der Waals surface area contributed by atoms with Crippen LogP contribution < -0.4 is 10.0 Å². The van der Waals surface area contributed by atoms with Crippen molar-refractivity contribution in [3.8, 4) is 0 Å². The first kappa shape index (κ1) is 25.5. The number of carbonyl (C=O) groups excluding carboxylic acids is 1. The Bertz CT molecular complexity index is 1340. The fourth-order valence-corrected chi connectivity index (χ4v) is 6.78. The summed E-state index contributed by atoms with van der Waals surface area (Å²) in [5.74, 6) is -0.312. The normalized spacial score (nSPS) is 21.9. The number of benzene rings is 2. The quantitative estimate of drug-likeness (QED) is 0.475. The van der Waals surface area contributed by atoms with Crippen molar-refractivity contribution in [2.24, 2.45) is 0 Å². The van der Waals surface area contributed by atoms with Gasteiger partial charge in [0.1, 0.15) is 5.82 Å². The van der Waals surface area contributed by atoms with Crippen LogP contribution in [0.4, 0.5) is 4.39 Å². The Balaban J connectivity index is 1.21. The number of hydrogen-bond acceptors (Lipinski definition) is 5. The number of aryl methyl sites for hydroxylation is 1. The van der Waals surface area contributed by atoms with Gasteiger partial charge in [-0.3, -0.25) is 14.7 Å². The number of nitrogens with one attached hydrogen (secondary N) is 2. The topological polar surface area (TPSA) is 91.4 Å². The largest absolute Gasteiger partial charge is 0.352 e. The van der Waals surface area contributed by atoms with Crippen LogP contribution in [0.15, 0.2) is 78.0 Å². The number of halogens is 1. The van der Waals surface area contributed by atoms with Gasteiger partial charge in [-0.2, -0.15) is 0 Å². The predicted octanol–water partition coefficient (Wildman–Crippen LogP) is 3.03. The Morgan fingerprint density at radius 3 is 2.70 bits per heavy atom. The lowest BCUT2D eigenvalue weighted by Crippen LogP contribution is -2.46. The third-order valence-corrected chi connectivity index (χ3v) is 8.79. The van der Waals surface area contributed by atoms with Gasteiger partial charge in [0, 0.05) is 43.5 Å². The number of aromatic nitrogens is 1. The number of likely N-dealkylation sites (tertiary alicyclic amines) is 1. The van der Waals surface area contributed by atoms with E-state index < -0.39 is 10.0 Å². The molecule has 0 bridgehead atoms. The summed E-state index contributed by atoms with van der Waals surface area (Å²) in [6, 6.07) is 16.8. The molecule has 0 saturated carbocycles. The number of hydrogen-bond donors (Lipinski definition) is 2. The van der Waals surface area contributed by atoms with Crippen LogP contribution in [0.25, 0.3) is 0 Å². The molecule has 0 unspecified atom stereocenters. The fraction of sp³-hybridized carbons (Fsp3) is 0.357. The predicted molar refractivity (Wildman–Crippen MR) is 139 cm³/mol. The summed E-state index contributed by atoms with van der Waals surface area (Å²) in [5.41, 5.74) is 3.13. The molecule has 1 fully saturated rings. The van der Waals surface area contributed by atoms with Crippen LogP contribution in [0.1, 0.15) is 35.4 Å². The Morgan fingerprint density at radius 1 is 1.08 bits per heavy atom. The standard InChI is InChI=1S/C28H31FN4O3S/c29-22-9-10-25-21(16-22)8-11-27(26(25)15-20-5-4-13-30-17-20)31-28(34)19-33-14-12-23(18-33)32-37(35,36)24-6-2-1-3-7-24/h1-7,9-10,13,16-17,23,26-27,32H,8,11-12,14-15,18-19H2,(H,31,34)/t23-,26-,27+/m0/s1. The molecule has 2 heterocycles. The lowest BCUT2D eigenvalue weighted by molar-refractivity contribution is -0.123. The molecule has 2 N–H and O–H groups in total. The molecule has 5 rings (SSSR count). The third-order valence-electron chi connectivity index (χ3n) is 7.25. The zero-order valence-corrected chi connectivity index (χ0v) is 21.3. The summed E-state index contributed by atoms with van der Waals surface area (Å²) < 4.78 is 42.0. The Kier molecular flexibility index (Phi) is 7.64. The maximum absolute atomic E-state index is 13.9. The number of carbonyl (C=O) groups is 1. The van der Waals surface area contributed by atoms with Gasteiger partial charge in [-0.1, -0.05) is 30.3 Å². The highest BCUT2D eigenvalue weighted by molar-refractivity contribution is 7.89. The van der Waals surface area contributed by atoms with Crippen molar-refractivity contribution in [2.45, 2.75) is 48.6 Å². The van der Waals surface area contributed by atoms with E-state index in [1.807, 2.05) is 29.3 Å². The Labute approximate surface area is 217 Å². The highest BCUT2D eigenvalue weighted by atomic mass is 32.2. The number of pyridine rings is 1. The van der Waals surface area contributed by atoms with Crippen LogP contribution in [0.5, 0.6) is 0 Å². The summed E-state index contributed by atoms with van der Waals surface area (Å²) >= 11 is 0. The fourth-order valence-electron chi connectivity index (χ4n) is 5.49. The number of nitrogens with zero attached hydrogens (tertiary/aromatic N) is 2. The van der Waals surface area contributed by atoms with Gasteiger partial charge in [0.25, 0.3) is 0 Å². The molecule has 2 aliphatic rings. The van der Waals surface area contributed by atoms with E-state index in [1.54, 1.807) is 42.6 Å². The van der Waals surface area contributed by atoms with E-state index in [-0.39, 0.29) is 41.2 Å². The molecule has 7 nitrogen and oxygen atoms in total. The second-order valence-corrected chi connectivity index (χ2v) is 11.6. The lowest BCUT2D eigenvalue weighted by Gasteiger charge is -2.35. The van der Waals surface area contributed by atoms with Gasteiger partial charge in [-0.05, 0) is 72.7 Å². The summed E-state index contributed by atoms with van der Waals surface area (Å²) in [6.45, 7) is 1.32. The van der Waals surface area contributed by atoms with Crippen molar-refractivity contribution in [1.82, 2.24) is 19.9 Å². The van der Waals surface area contributed by atoms with Crippen LogP contribution in [-0.2, 0) is 27.7 Å². The van der Waals surface area contributed by atoms with Crippen molar-refractivity contribution in [1.29, 1.82) is 0 Å². The molecule has 0 spiro atoms. The van der Waals surface area contributed by atoms with E-state index in [0.717, 1.165) is 23.1 Å². The lowest BCUT2D eigenvalue weighted by atomic mass is 9.76. The first-order chi connectivity index (χ1) is 17.9. The molecule has 2 aromatic carbocycles. The molecule has 9 heteroatoms. The molecule has 3 atom stereocenters. The first-order valence-corrected chi connectivity index (χ1v) is 14.1. The zero-order valence-electron chi connectivity index (χ0n) is 20.5. The third kappa shape index (κ3) is 6.23. The van der Waals surface area contributed by atoms with Gasteiger partial charge in [-0.25, -0.2) is 17.5 Å². The van der Waals surface area contributed by atoms with Gasteiger partial charge in [0.2, 0.25) is 15.9 Å². The Hall–Kier alpha value is -3.14. The van der Waals surface area contributed by atoms with Gasteiger partial charge in [0.15, 0.2) is 0 Å². The molecule has 1 amide bonds. The van der Waals surface area contributed by atoms with E-state index in [1.165, 1.54) is 6.07 Å². The first-order valence-electron chi connectivity index (χ1n) is 12.6. The maximum atomic E-state index is 13.9. The smallest absolute Gasteiger partial charge is 0.240 e. The minimum absolute atomic E-state index is 0.0153. The molecule has 3 aromatic rings. The van der Waals surface area contributed by atoms with Crippen molar-refractivity contribution >= 4 is 15.9 Å². The molecule has 1 aromatic heterocycles. The maximum Gasteiger partial charge on any atom is 0.240 e. The second-order valence-electron chi connectivity index (χ2n) is 9.88. The molecule has 1 aliphatic carbocycles. The second kappa shape index (κ2) is 11.1. The van der Waals surface area contributed by atoms with Gasteiger partial charge in [0.05, 0.1) is 11.4 Å². The molecular weight excluding hydrogens is 491 g/mol. The molecule has 37 heavy (non-hydrogen) atoms. The van der Waals surface area contributed by atoms with Crippen LogP contribution in [0.3, 0.4) is 0 Å². The van der Waals surface area contributed by atoms with Crippen LogP contribution in [0.2, 0.25) is 0 Å². The van der Waals surface area contributed by atoms with E-state index in [4.69, 9.17) is 0 Å². The van der Waals surface area contributed by atoms with Gasteiger partial charge < -0.3 is 5.32 Å².